The number of hydrogen-bond donors (Lipinski definition) is 0. The van der Waals surface area contributed by atoms with Gasteiger partial charge in [0.25, 0.3) is 5.88 Å². The molecule has 3 rings (SSSR count). The van der Waals surface area contributed by atoms with Crippen molar-refractivity contribution in [1.82, 2.24) is 19.6 Å². The van der Waals surface area contributed by atoms with Crippen LogP contribution in [0.2, 0.25) is 0 Å². The lowest BCUT2D eigenvalue weighted by Crippen LogP contribution is -2.20. The lowest BCUT2D eigenvalue weighted by atomic mass is 10.2. The van der Waals surface area contributed by atoms with Crippen LogP contribution < -0.4 is 4.74 Å². The minimum absolute atomic E-state index is 0.324. The number of pyridine rings is 1. The highest BCUT2D eigenvalue weighted by Crippen LogP contribution is 2.24. The van der Waals surface area contributed by atoms with E-state index < -0.39 is 24.5 Å². The molecule has 0 radical (unpaired) electrons. The molecule has 3 heterocycles. The molecule has 3 aromatic rings. The molecule has 0 saturated heterocycles. The maximum absolute atomic E-state index is 13.8. The molecule has 0 atom stereocenters. The van der Waals surface area contributed by atoms with Gasteiger partial charge in [0.15, 0.2) is 18.1 Å². The standard InChI is InChI=1S/C14H10F4N4O.C2H6/c1-8-5-20-22-3-2-11(21-12(8)22)9-4-10(15)13(19-6-9)23-7-14(16,17)18;1-2/h2-6H,7H2,1H3;1-2H3. The number of ether oxygens (including phenoxy) is 1. The maximum atomic E-state index is 13.8. The minimum atomic E-state index is -4.56. The van der Waals surface area contributed by atoms with Crippen molar-refractivity contribution in [2.45, 2.75) is 26.9 Å². The van der Waals surface area contributed by atoms with Gasteiger partial charge in [0, 0.05) is 23.5 Å². The van der Waals surface area contributed by atoms with E-state index in [1.54, 1.807) is 23.0 Å². The second kappa shape index (κ2) is 7.45. The summed E-state index contributed by atoms with van der Waals surface area (Å²) in [6.07, 6.45) is -0.0616. The summed E-state index contributed by atoms with van der Waals surface area (Å²) < 4.78 is 56.0. The molecule has 134 valence electrons. The number of halogens is 4. The number of alkyl halides is 3. The summed E-state index contributed by atoms with van der Waals surface area (Å²) in [6, 6.07) is 2.63. The Labute approximate surface area is 141 Å². The van der Waals surface area contributed by atoms with E-state index in [4.69, 9.17) is 0 Å². The van der Waals surface area contributed by atoms with Crippen molar-refractivity contribution in [1.29, 1.82) is 0 Å². The van der Waals surface area contributed by atoms with Gasteiger partial charge in [-0.3, -0.25) is 0 Å². The Kier molecular flexibility index (Phi) is 5.55. The first kappa shape index (κ1) is 18.6. The number of aryl methyl sites for hydroxylation is 1. The lowest BCUT2D eigenvalue weighted by molar-refractivity contribution is -0.154. The highest BCUT2D eigenvalue weighted by Gasteiger charge is 2.29. The van der Waals surface area contributed by atoms with Gasteiger partial charge in [0.05, 0.1) is 11.9 Å². The van der Waals surface area contributed by atoms with Crippen LogP contribution in [0.1, 0.15) is 19.4 Å². The fourth-order valence-corrected chi connectivity index (χ4v) is 1.97. The van der Waals surface area contributed by atoms with Crippen LogP contribution >= 0.6 is 0 Å². The first-order chi connectivity index (χ1) is 11.8. The van der Waals surface area contributed by atoms with Crippen molar-refractivity contribution in [3.8, 4) is 17.1 Å². The fourth-order valence-electron chi connectivity index (χ4n) is 1.97. The summed E-state index contributed by atoms with van der Waals surface area (Å²) >= 11 is 0. The molecule has 25 heavy (non-hydrogen) atoms. The van der Waals surface area contributed by atoms with Crippen LogP contribution in [0, 0.1) is 12.7 Å². The summed E-state index contributed by atoms with van der Waals surface area (Å²) in [5.41, 5.74) is 2.19. The van der Waals surface area contributed by atoms with Gasteiger partial charge < -0.3 is 4.74 Å². The average Bonchev–Trinajstić information content (AvgIpc) is 2.95. The van der Waals surface area contributed by atoms with Gasteiger partial charge >= 0.3 is 6.18 Å². The number of aromatic nitrogens is 4. The molecule has 3 aromatic heterocycles. The zero-order valence-electron chi connectivity index (χ0n) is 13.8. The molecule has 0 saturated carbocycles. The van der Waals surface area contributed by atoms with E-state index in [0.717, 1.165) is 11.6 Å². The number of fused-ring (bicyclic) bond motifs is 1. The van der Waals surface area contributed by atoms with Crippen molar-refractivity contribution < 1.29 is 22.3 Å². The van der Waals surface area contributed by atoms with Crippen molar-refractivity contribution in [3.05, 3.63) is 42.1 Å². The molecule has 0 spiro atoms. The number of hydrogen-bond acceptors (Lipinski definition) is 4. The van der Waals surface area contributed by atoms with Crippen molar-refractivity contribution in [3.63, 3.8) is 0 Å². The van der Waals surface area contributed by atoms with Crippen LogP contribution in [-0.4, -0.2) is 32.4 Å². The fraction of sp³-hybridized carbons (Fsp3) is 0.312. The van der Waals surface area contributed by atoms with E-state index in [9.17, 15) is 17.6 Å². The van der Waals surface area contributed by atoms with Crippen molar-refractivity contribution in [2.24, 2.45) is 0 Å². The summed E-state index contributed by atoms with van der Waals surface area (Å²) in [6.45, 7) is 4.22. The van der Waals surface area contributed by atoms with Gasteiger partial charge in [-0.15, -0.1) is 0 Å². The van der Waals surface area contributed by atoms with E-state index in [-0.39, 0.29) is 0 Å². The second-order valence-corrected chi connectivity index (χ2v) is 4.82. The molecule has 0 bridgehead atoms. The van der Waals surface area contributed by atoms with Crippen LogP contribution in [0.5, 0.6) is 5.88 Å². The summed E-state index contributed by atoms with van der Waals surface area (Å²) in [4.78, 5) is 7.92. The molecule has 0 fully saturated rings. The predicted molar refractivity (Wildman–Crippen MR) is 83.8 cm³/mol. The van der Waals surface area contributed by atoms with Crippen LogP contribution in [0.15, 0.2) is 30.7 Å². The zero-order valence-corrected chi connectivity index (χ0v) is 13.8. The molecule has 0 aliphatic rings. The third kappa shape index (κ3) is 4.43. The smallest absolute Gasteiger partial charge is 0.422 e. The third-order valence-electron chi connectivity index (χ3n) is 3.02. The maximum Gasteiger partial charge on any atom is 0.422 e. The Morgan fingerprint density at radius 2 is 1.92 bits per heavy atom. The van der Waals surface area contributed by atoms with Crippen LogP contribution in [0.3, 0.4) is 0 Å². The van der Waals surface area contributed by atoms with Crippen LogP contribution in [-0.2, 0) is 0 Å². The molecule has 0 aliphatic carbocycles. The molecule has 0 unspecified atom stereocenters. The SMILES string of the molecule is CC.Cc1cnn2ccc(-c3cnc(OCC(F)(F)F)c(F)c3)nc12. The van der Waals surface area contributed by atoms with E-state index in [2.05, 4.69) is 19.8 Å². The van der Waals surface area contributed by atoms with E-state index in [0.29, 0.717) is 16.9 Å². The first-order valence-corrected chi connectivity index (χ1v) is 7.50. The monoisotopic (exact) mass is 356 g/mol. The Hall–Kier alpha value is -2.71. The first-order valence-electron chi connectivity index (χ1n) is 7.50. The molecule has 0 aliphatic heterocycles. The van der Waals surface area contributed by atoms with Crippen LogP contribution in [0.4, 0.5) is 17.6 Å². The van der Waals surface area contributed by atoms with Gasteiger partial charge in [-0.1, -0.05) is 13.8 Å². The highest BCUT2D eigenvalue weighted by atomic mass is 19.4. The highest BCUT2D eigenvalue weighted by molar-refractivity contribution is 5.62. The van der Waals surface area contributed by atoms with Gasteiger partial charge in [-0.05, 0) is 19.1 Å². The minimum Gasteiger partial charge on any atom is -0.466 e. The number of nitrogens with zero attached hydrogens (tertiary/aromatic N) is 4. The molecule has 0 aromatic carbocycles. The predicted octanol–water partition coefficient (Wildman–Crippen LogP) is 4.21. The zero-order chi connectivity index (χ0) is 18.6. The van der Waals surface area contributed by atoms with Crippen LogP contribution in [0.25, 0.3) is 16.9 Å². The number of rotatable bonds is 3. The second-order valence-electron chi connectivity index (χ2n) is 4.82. The van der Waals surface area contributed by atoms with E-state index in [1.165, 1.54) is 6.20 Å². The Morgan fingerprint density at radius 1 is 1.20 bits per heavy atom. The van der Waals surface area contributed by atoms with Gasteiger partial charge in [-0.25, -0.2) is 18.9 Å². The molecule has 0 amide bonds. The Balaban J connectivity index is 0.00000109. The Bertz CT molecular complexity index is 861. The lowest BCUT2D eigenvalue weighted by Gasteiger charge is -2.09. The molecular formula is C16H16F4N4O. The Morgan fingerprint density at radius 3 is 2.56 bits per heavy atom. The van der Waals surface area contributed by atoms with E-state index >= 15 is 0 Å². The molecular weight excluding hydrogens is 340 g/mol. The summed E-state index contributed by atoms with van der Waals surface area (Å²) in [5, 5.41) is 4.07. The average molecular weight is 356 g/mol. The quantitative estimate of drug-likeness (QED) is 0.660. The van der Waals surface area contributed by atoms with Gasteiger partial charge in [0.2, 0.25) is 0 Å². The molecule has 0 N–H and O–H groups in total. The molecule has 5 nitrogen and oxygen atoms in total. The molecule has 9 heteroatoms. The third-order valence-corrected chi connectivity index (χ3v) is 3.02. The van der Waals surface area contributed by atoms with E-state index in [1.807, 2.05) is 20.8 Å². The topological polar surface area (TPSA) is 52.3 Å². The largest absolute Gasteiger partial charge is 0.466 e. The normalized spacial score (nSPS) is 11.2. The van der Waals surface area contributed by atoms with Crippen molar-refractivity contribution in [2.75, 3.05) is 6.61 Å². The summed E-state index contributed by atoms with van der Waals surface area (Å²) in [7, 11) is 0. The van der Waals surface area contributed by atoms with Crippen molar-refractivity contribution >= 4 is 5.65 Å². The van der Waals surface area contributed by atoms with Gasteiger partial charge in [0.1, 0.15) is 0 Å². The summed E-state index contributed by atoms with van der Waals surface area (Å²) in [5.74, 6) is -1.69. The van der Waals surface area contributed by atoms with Gasteiger partial charge in [-0.2, -0.15) is 18.3 Å².